The van der Waals surface area contributed by atoms with E-state index >= 15 is 0 Å². The molecule has 2 N–H and O–H groups in total. The number of aliphatic hydroxyl groups is 1. The first kappa shape index (κ1) is 11.3. The van der Waals surface area contributed by atoms with Crippen molar-refractivity contribution in [2.75, 3.05) is 0 Å². The first-order valence-corrected chi connectivity index (χ1v) is 4.89. The van der Waals surface area contributed by atoms with Gasteiger partial charge < -0.3 is 14.8 Å². The third-order valence-corrected chi connectivity index (χ3v) is 1.91. The maximum absolute atomic E-state index is 8.85. The van der Waals surface area contributed by atoms with E-state index < -0.39 is 0 Å². The largest absolute Gasteiger partial charge is 0.462 e. The third-order valence-electron chi connectivity index (χ3n) is 1.91. The van der Waals surface area contributed by atoms with Crippen LogP contribution >= 0.6 is 0 Å². The molecule has 1 aromatic rings. The van der Waals surface area contributed by atoms with Gasteiger partial charge >= 0.3 is 0 Å². The molecule has 0 fully saturated rings. The van der Waals surface area contributed by atoms with Crippen LogP contribution in [0.5, 0.6) is 0 Å². The SMILES string of the molecule is CC(NC(C)(C)C)c1ccc(CO)o1. The van der Waals surface area contributed by atoms with Gasteiger partial charge in [0.15, 0.2) is 0 Å². The van der Waals surface area contributed by atoms with Gasteiger partial charge in [0.05, 0.1) is 6.04 Å². The van der Waals surface area contributed by atoms with Gasteiger partial charge in [-0.05, 0) is 39.8 Å². The van der Waals surface area contributed by atoms with Crippen LogP contribution in [0.25, 0.3) is 0 Å². The second-order valence-electron chi connectivity index (χ2n) is 4.58. The topological polar surface area (TPSA) is 45.4 Å². The standard InChI is InChI=1S/C11H19NO2/c1-8(12-11(2,3)4)10-6-5-9(7-13)14-10/h5-6,8,12-13H,7H2,1-4H3. The van der Waals surface area contributed by atoms with Crippen molar-refractivity contribution in [1.82, 2.24) is 5.32 Å². The van der Waals surface area contributed by atoms with E-state index in [9.17, 15) is 0 Å². The molecule has 0 amide bonds. The highest BCUT2D eigenvalue weighted by atomic mass is 16.4. The van der Waals surface area contributed by atoms with E-state index in [1.54, 1.807) is 6.07 Å². The molecule has 0 bridgehead atoms. The summed E-state index contributed by atoms with van der Waals surface area (Å²) in [6.07, 6.45) is 0. The second-order valence-corrected chi connectivity index (χ2v) is 4.58. The Morgan fingerprint density at radius 1 is 1.43 bits per heavy atom. The molecule has 3 nitrogen and oxygen atoms in total. The maximum atomic E-state index is 8.85. The van der Waals surface area contributed by atoms with E-state index in [1.165, 1.54) is 0 Å². The van der Waals surface area contributed by atoms with Crippen LogP contribution < -0.4 is 5.32 Å². The van der Waals surface area contributed by atoms with Crippen molar-refractivity contribution in [2.45, 2.75) is 45.9 Å². The highest BCUT2D eigenvalue weighted by Crippen LogP contribution is 2.18. The molecular formula is C11H19NO2. The molecule has 14 heavy (non-hydrogen) atoms. The Balaban J connectivity index is 2.65. The molecule has 1 aromatic heterocycles. The van der Waals surface area contributed by atoms with Gasteiger partial charge in [0.1, 0.15) is 18.1 Å². The van der Waals surface area contributed by atoms with Gasteiger partial charge in [-0.3, -0.25) is 0 Å². The van der Waals surface area contributed by atoms with E-state index in [1.807, 2.05) is 13.0 Å². The lowest BCUT2D eigenvalue weighted by molar-refractivity contribution is 0.237. The molecule has 0 aromatic carbocycles. The highest BCUT2D eigenvalue weighted by molar-refractivity contribution is 5.10. The minimum Gasteiger partial charge on any atom is -0.462 e. The lowest BCUT2D eigenvalue weighted by Gasteiger charge is -2.24. The fourth-order valence-electron chi connectivity index (χ4n) is 1.43. The number of hydrogen-bond acceptors (Lipinski definition) is 3. The zero-order chi connectivity index (χ0) is 10.8. The number of furan rings is 1. The summed E-state index contributed by atoms with van der Waals surface area (Å²) < 4.78 is 5.43. The number of aliphatic hydroxyl groups excluding tert-OH is 1. The molecule has 0 aliphatic rings. The van der Waals surface area contributed by atoms with E-state index in [0.29, 0.717) is 5.76 Å². The van der Waals surface area contributed by atoms with Crippen molar-refractivity contribution in [3.05, 3.63) is 23.7 Å². The van der Waals surface area contributed by atoms with Gasteiger partial charge in [0, 0.05) is 5.54 Å². The van der Waals surface area contributed by atoms with Gasteiger partial charge in [0.25, 0.3) is 0 Å². The van der Waals surface area contributed by atoms with Crippen LogP contribution in [0, 0.1) is 0 Å². The zero-order valence-electron chi connectivity index (χ0n) is 9.29. The lowest BCUT2D eigenvalue weighted by Crippen LogP contribution is -2.37. The molecule has 0 spiro atoms. The van der Waals surface area contributed by atoms with Gasteiger partial charge in [0.2, 0.25) is 0 Å². The van der Waals surface area contributed by atoms with Crippen molar-refractivity contribution in [3.8, 4) is 0 Å². The number of hydrogen-bond donors (Lipinski definition) is 2. The Morgan fingerprint density at radius 3 is 2.50 bits per heavy atom. The van der Waals surface area contributed by atoms with Crippen molar-refractivity contribution in [1.29, 1.82) is 0 Å². The zero-order valence-corrected chi connectivity index (χ0v) is 9.29. The average Bonchev–Trinajstić information content (AvgIpc) is 2.48. The van der Waals surface area contributed by atoms with Crippen LogP contribution in [0.1, 0.15) is 45.3 Å². The quantitative estimate of drug-likeness (QED) is 0.781. The lowest BCUT2D eigenvalue weighted by atomic mass is 10.1. The highest BCUT2D eigenvalue weighted by Gasteiger charge is 2.17. The molecule has 0 saturated heterocycles. The third kappa shape index (κ3) is 3.16. The Labute approximate surface area is 85.1 Å². The monoisotopic (exact) mass is 197 g/mol. The molecule has 1 unspecified atom stereocenters. The smallest absolute Gasteiger partial charge is 0.129 e. The Kier molecular flexibility index (Phi) is 3.34. The minimum atomic E-state index is -0.0394. The van der Waals surface area contributed by atoms with Crippen molar-refractivity contribution in [3.63, 3.8) is 0 Å². The van der Waals surface area contributed by atoms with E-state index in [2.05, 4.69) is 26.1 Å². The van der Waals surface area contributed by atoms with Crippen LogP contribution in [0.4, 0.5) is 0 Å². The summed E-state index contributed by atoms with van der Waals surface area (Å²) in [4.78, 5) is 0. The Bertz CT molecular complexity index is 286. The average molecular weight is 197 g/mol. The van der Waals surface area contributed by atoms with Gasteiger partial charge in [-0.2, -0.15) is 0 Å². The minimum absolute atomic E-state index is 0.0394. The summed E-state index contributed by atoms with van der Waals surface area (Å²) in [7, 11) is 0. The predicted molar refractivity (Wildman–Crippen MR) is 55.9 cm³/mol. The van der Waals surface area contributed by atoms with Crippen molar-refractivity contribution >= 4 is 0 Å². The van der Waals surface area contributed by atoms with Crippen LogP contribution in [-0.2, 0) is 6.61 Å². The first-order chi connectivity index (χ1) is 6.42. The summed E-state index contributed by atoms with van der Waals surface area (Å²) in [5, 5.41) is 12.2. The molecule has 1 heterocycles. The number of nitrogens with one attached hydrogen (secondary N) is 1. The van der Waals surface area contributed by atoms with E-state index in [4.69, 9.17) is 9.52 Å². The molecule has 0 saturated carbocycles. The van der Waals surface area contributed by atoms with Crippen LogP contribution in [-0.4, -0.2) is 10.6 Å². The van der Waals surface area contributed by atoms with E-state index in [-0.39, 0.29) is 18.2 Å². The van der Waals surface area contributed by atoms with Crippen molar-refractivity contribution < 1.29 is 9.52 Å². The van der Waals surface area contributed by atoms with E-state index in [0.717, 1.165) is 5.76 Å². The van der Waals surface area contributed by atoms with Gasteiger partial charge in [-0.15, -0.1) is 0 Å². The van der Waals surface area contributed by atoms with Gasteiger partial charge in [-0.25, -0.2) is 0 Å². The normalized spacial score (nSPS) is 14.4. The first-order valence-electron chi connectivity index (χ1n) is 4.89. The Morgan fingerprint density at radius 2 is 2.07 bits per heavy atom. The summed E-state index contributed by atoms with van der Waals surface area (Å²) in [5.41, 5.74) is 0.0611. The van der Waals surface area contributed by atoms with Crippen molar-refractivity contribution in [2.24, 2.45) is 0 Å². The Hall–Kier alpha value is -0.800. The maximum Gasteiger partial charge on any atom is 0.129 e. The molecule has 0 aliphatic carbocycles. The number of rotatable bonds is 3. The molecular weight excluding hydrogens is 178 g/mol. The second kappa shape index (κ2) is 4.15. The van der Waals surface area contributed by atoms with Crippen LogP contribution in [0.2, 0.25) is 0 Å². The predicted octanol–water partition coefficient (Wildman–Crippen LogP) is 2.22. The summed E-state index contributed by atoms with van der Waals surface area (Å²) in [6, 6.07) is 3.86. The molecule has 80 valence electrons. The molecule has 3 heteroatoms. The van der Waals surface area contributed by atoms with Crippen LogP contribution in [0.3, 0.4) is 0 Å². The summed E-state index contributed by atoms with van der Waals surface area (Å²) in [5.74, 6) is 1.48. The van der Waals surface area contributed by atoms with Crippen LogP contribution in [0.15, 0.2) is 16.5 Å². The molecule has 1 atom stereocenters. The molecule has 0 aliphatic heterocycles. The summed E-state index contributed by atoms with van der Waals surface area (Å²) >= 11 is 0. The molecule has 0 radical (unpaired) electrons. The fourth-order valence-corrected chi connectivity index (χ4v) is 1.43. The fraction of sp³-hybridized carbons (Fsp3) is 0.636. The van der Waals surface area contributed by atoms with Gasteiger partial charge in [-0.1, -0.05) is 0 Å². The summed E-state index contributed by atoms with van der Waals surface area (Å²) in [6.45, 7) is 8.34. The molecule has 1 rings (SSSR count).